The average molecular weight is 381 g/mol. The first-order chi connectivity index (χ1) is 14.2. The van der Waals surface area contributed by atoms with E-state index in [9.17, 15) is 9.59 Å². The molecule has 142 valence electrons. The predicted molar refractivity (Wildman–Crippen MR) is 112 cm³/mol. The zero-order valence-electron chi connectivity index (χ0n) is 15.8. The van der Waals surface area contributed by atoms with Gasteiger partial charge in [0.1, 0.15) is 5.69 Å². The van der Waals surface area contributed by atoms with Crippen molar-refractivity contribution in [2.24, 2.45) is 0 Å². The van der Waals surface area contributed by atoms with E-state index in [-0.39, 0.29) is 5.91 Å². The minimum atomic E-state index is -0.0352. The van der Waals surface area contributed by atoms with Gasteiger partial charge in [0, 0.05) is 34.8 Å². The van der Waals surface area contributed by atoms with Gasteiger partial charge in [-0.15, -0.1) is 0 Å². The molecule has 1 amide bonds. The molecule has 5 heteroatoms. The Kier molecular flexibility index (Phi) is 4.21. The van der Waals surface area contributed by atoms with Gasteiger partial charge < -0.3 is 9.88 Å². The van der Waals surface area contributed by atoms with Gasteiger partial charge in [-0.25, -0.2) is 0 Å². The maximum absolute atomic E-state index is 13.5. The maximum atomic E-state index is 13.5. The molecule has 0 unspecified atom stereocenters. The lowest BCUT2D eigenvalue weighted by Gasteiger charge is -2.28. The number of rotatable bonds is 3. The number of benzene rings is 2. The molecule has 0 bridgehead atoms. The summed E-state index contributed by atoms with van der Waals surface area (Å²) in [5, 5.41) is 1.04. The van der Waals surface area contributed by atoms with Crippen LogP contribution in [0.25, 0.3) is 22.0 Å². The topological polar surface area (TPSA) is 66.1 Å². The Morgan fingerprint density at radius 2 is 1.86 bits per heavy atom. The van der Waals surface area contributed by atoms with Gasteiger partial charge in [-0.3, -0.25) is 14.6 Å². The Balaban J connectivity index is 1.56. The lowest BCUT2D eigenvalue weighted by molar-refractivity contribution is 0.0727. The van der Waals surface area contributed by atoms with E-state index in [1.165, 1.54) is 0 Å². The number of fused-ring (bicyclic) bond motifs is 2. The molecule has 2 aromatic carbocycles. The monoisotopic (exact) mass is 381 g/mol. The van der Waals surface area contributed by atoms with Gasteiger partial charge in [-0.2, -0.15) is 0 Å². The first-order valence-electron chi connectivity index (χ1n) is 9.63. The number of H-pyrrole nitrogens is 1. The number of carbonyl (C=O) groups excluding carboxylic acids is 2. The lowest BCUT2D eigenvalue weighted by Crippen LogP contribution is -2.37. The van der Waals surface area contributed by atoms with Crippen molar-refractivity contribution in [1.29, 1.82) is 0 Å². The number of nitrogens with one attached hydrogen (secondary N) is 1. The first-order valence-corrected chi connectivity index (χ1v) is 9.63. The number of aldehydes is 1. The molecule has 0 radical (unpaired) electrons. The molecule has 0 fully saturated rings. The third-order valence-electron chi connectivity index (χ3n) is 5.48. The number of para-hydroxylation sites is 1. The molecule has 3 heterocycles. The molecule has 1 aliphatic heterocycles. The fraction of sp³-hybridized carbons (Fsp3) is 0.125. The molecule has 1 aliphatic rings. The summed E-state index contributed by atoms with van der Waals surface area (Å²) in [6.07, 6.45) is 3.07. The van der Waals surface area contributed by atoms with E-state index in [0.717, 1.165) is 39.6 Å². The van der Waals surface area contributed by atoms with Gasteiger partial charge >= 0.3 is 0 Å². The van der Waals surface area contributed by atoms with Crippen molar-refractivity contribution in [1.82, 2.24) is 14.9 Å². The second-order valence-electron chi connectivity index (χ2n) is 7.26. The van der Waals surface area contributed by atoms with E-state index in [2.05, 4.69) is 9.97 Å². The maximum Gasteiger partial charge on any atom is 0.271 e. The Hall–Kier alpha value is -3.73. The standard InChI is InChI=1S/C24H19N3O2/c28-15-16-12-18-10-11-27(14-21(18)25-13-16)24(29)23-22(17-6-2-1-3-7-17)19-8-4-5-9-20(19)26-23/h1-9,12-13,15,26H,10-11,14H2. The molecular formula is C24H19N3O2. The zero-order chi connectivity index (χ0) is 19.8. The van der Waals surface area contributed by atoms with Crippen LogP contribution in [0.3, 0.4) is 0 Å². The van der Waals surface area contributed by atoms with Gasteiger partial charge in [0.15, 0.2) is 6.29 Å². The molecule has 29 heavy (non-hydrogen) atoms. The number of hydrogen-bond donors (Lipinski definition) is 1. The summed E-state index contributed by atoms with van der Waals surface area (Å²) in [5.41, 5.74) is 5.96. The van der Waals surface area contributed by atoms with Crippen LogP contribution < -0.4 is 0 Å². The summed E-state index contributed by atoms with van der Waals surface area (Å²) in [4.78, 5) is 34.1. The summed E-state index contributed by atoms with van der Waals surface area (Å²) in [6, 6.07) is 19.9. The Morgan fingerprint density at radius 3 is 2.69 bits per heavy atom. The van der Waals surface area contributed by atoms with Gasteiger partial charge in [0.25, 0.3) is 5.91 Å². The second kappa shape index (κ2) is 7.02. The molecule has 2 aromatic heterocycles. The van der Waals surface area contributed by atoms with Gasteiger partial charge in [-0.05, 0) is 29.7 Å². The predicted octanol–water partition coefficient (Wildman–Crippen LogP) is 4.24. The van der Waals surface area contributed by atoms with Crippen molar-refractivity contribution < 1.29 is 9.59 Å². The quantitative estimate of drug-likeness (QED) is 0.540. The summed E-state index contributed by atoms with van der Waals surface area (Å²) in [7, 11) is 0. The van der Waals surface area contributed by atoms with Crippen molar-refractivity contribution in [3.63, 3.8) is 0 Å². The molecule has 0 spiro atoms. The van der Waals surface area contributed by atoms with Crippen molar-refractivity contribution in [2.45, 2.75) is 13.0 Å². The number of carbonyl (C=O) groups is 2. The Labute approximate surface area is 168 Å². The zero-order valence-corrected chi connectivity index (χ0v) is 15.8. The number of amides is 1. The van der Waals surface area contributed by atoms with Crippen molar-refractivity contribution in [3.8, 4) is 11.1 Å². The highest BCUT2D eigenvalue weighted by atomic mass is 16.2. The van der Waals surface area contributed by atoms with Crippen molar-refractivity contribution >= 4 is 23.1 Å². The van der Waals surface area contributed by atoms with Crippen LogP contribution in [-0.4, -0.2) is 33.6 Å². The van der Waals surface area contributed by atoms with Crippen LogP contribution in [0.4, 0.5) is 0 Å². The summed E-state index contributed by atoms with van der Waals surface area (Å²) < 4.78 is 0. The first kappa shape index (κ1) is 17.4. The van der Waals surface area contributed by atoms with Crippen LogP contribution >= 0.6 is 0 Å². The van der Waals surface area contributed by atoms with Crippen molar-refractivity contribution in [3.05, 3.63) is 89.4 Å². The van der Waals surface area contributed by atoms with Crippen molar-refractivity contribution in [2.75, 3.05) is 6.54 Å². The number of nitrogens with zero attached hydrogens (tertiary/aromatic N) is 2. The van der Waals surface area contributed by atoms with E-state index in [1.54, 1.807) is 6.20 Å². The fourth-order valence-corrected chi connectivity index (χ4v) is 4.03. The van der Waals surface area contributed by atoms with E-state index in [0.29, 0.717) is 30.8 Å². The molecule has 5 rings (SSSR count). The second-order valence-corrected chi connectivity index (χ2v) is 7.26. The smallest absolute Gasteiger partial charge is 0.271 e. The van der Waals surface area contributed by atoms with Crippen LogP contribution in [0.1, 0.15) is 32.1 Å². The summed E-state index contributed by atoms with van der Waals surface area (Å²) in [5.74, 6) is -0.0352. The number of pyridine rings is 1. The van der Waals surface area contributed by atoms with Gasteiger partial charge in [0.2, 0.25) is 0 Å². The Bertz CT molecular complexity index is 1230. The Morgan fingerprint density at radius 1 is 1.07 bits per heavy atom. The van der Waals surface area contributed by atoms with Crippen LogP contribution in [-0.2, 0) is 13.0 Å². The van der Waals surface area contributed by atoms with Crippen LogP contribution in [0.2, 0.25) is 0 Å². The normalized spacial score (nSPS) is 13.3. The highest BCUT2D eigenvalue weighted by Crippen LogP contribution is 2.33. The summed E-state index contributed by atoms with van der Waals surface area (Å²) >= 11 is 0. The lowest BCUT2D eigenvalue weighted by atomic mass is 10.00. The van der Waals surface area contributed by atoms with Gasteiger partial charge in [-0.1, -0.05) is 48.5 Å². The number of hydrogen-bond acceptors (Lipinski definition) is 3. The molecule has 0 aliphatic carbocycles. The molecule has 0 saturated carbocycles. The minimum Gasteiger partial charge on any atom is -0.350 e. The minimum absolute atomic E-state index is 0.0352. The molecular weight excluding hydrogens is 362 g/mol. The molecule has 0 atom stereocenters. The van der Waals surface area contributed by atoms with E-state index in [4.69, 9.17) is 0 Å². The highest BCUT2D eigenvalue weighted by molar-refractivity contribution is 6.09. The van der Waals surface area contributed by atoms with Gasteiger partial charge in [0.05, 0.1) is 12.2 Å². The van der Waals surface area contributed by atoms with E-state index >= 15 is 0 Å². The molecule has 1 N–H and O–H groups in total. The number of aromatic amines is 1. The van der Waals surface area contributed by atoms with E-state index in [1.807, 2.05) is 65.6 Å². The molecule has 5 nitrogen and oxygen atoms in total. The highest BCUT2D eigenvalue weighted by Gasteiger charge is 2.27. The SMILES string of the molecule is O=Cc1cnc2c(c1)CCN(C(=O)c1[nH]c3ccccc3c1-c1ccccc1)C2. The molecule has 4 aromatic rings. The summed E-state index contributed by atoms with van der Waals surface area (Å²) in [6.45, 7) is 1.04. The number of aromatic nitrogens is 2. The average Bonchev–Trinajstić information content (AvgIpc) is 3.18. The van der Waals surface area contributed by atoms with Crippen LogP contribution in [0.15, 0.2) is 66.9 Å². The third-order valence-corrected chi connectivity index (χ3v) is 5.48. The fourth-order valence-electron chi connectivity index (χ4n) is 4.03. The molecule has 0 saturated heterocycles. The third kappa shape index (κ3) is 3.01. The van der Waals surface area contributed by atoms with Crippen LogP contribution in [0, 0.1) is 0 Å². The largest absolute Gasteiger partial charge is 0.350 e. The van der Waals surface area contributed by atoms with E-state index < -0.39 is 0 Å². The van der Waals surface area contributed by atoms with Crippen LogP contribution in [0.5, 0.6) is 0 Å².